The fourth-order valence-corrected chi connectivity index (χ4v) is 3.10. The first-order chi connectivity index (χ1) is 9.35. The molecule has 2 aromatic rings. The van der Waals surface area contributed by atoms with Crippen molar-refractivity contribution in [2.24, 2.45) is 0 Å². The van der Waals surface area contributed by atoms with Gasteiger partial charge >= 0.3 is 0 Å². The van der Waals surface area contributed by atoms with E-state index in [1.54, 1.807) is 0 Å². The molecule has 1 nitrogen and oxygen atoms in total. The summed E-state index contributed by atoms with van der Waals surface area (Å²) in [7, 11) is 0. The Morgan fingerprint density at radius 3 is 1.89 bits per heavy atom. The van der Waals surface area contributed by atoms with Crippen molar-refractivity contribution in [1.29, 1.82) is 0 Å². The van der Waals surface area contributed by atoms with Crippen molar-refractivity contribution in [2.75, 3.05) is 5.88 Å². The van der Waals surface area contributed by atoms with Gasteiger partial charge in [-0.25, -0.2) is 0 Å². The molecule has 0 aromatic heterocycles. The monoisotopic (exact) mass is 272 g/mol. The van der Waals surface area contributed by atoms with Gasteiger partial charge in [0.25, 0.3) is 0 Å². The maximum Gasteiger partial charge on any atom is 0.119 e. The van der Waals surface area contributed by atoms with E-state index in [2.05, 4.69) is 48.5 Å². The van der Waals surface area contributed by atoms with E-state index in [0.717, 1.165) is 12.8 Å². The first-order valence-corrected chi connectivity index (χ1v) is 7.23. The molecular formula is C17H17ClO. The Kier molecular flexibility index (Phi) is 3.58. The van der Waals surface area contributed by atoms with Gasteiger partial charge in [0.2, 0.25) is 0 Å². The van der Waals surface area contributed by atoms with Gasteiger partial charge in [0.05, 0.1) is 6.10 Å². The van der Waals surface area contributed by atoms with Crippen molar-refractivity contribution in [3.63, 3.8) is 0 Å². The van der Waals surface area contributed by atoms with Crippen LogP contribution in [0.25, 0.3) is 0 Å². The van der Waals surface area contributed by atoms with Crippen molar-refractivity contribution in [2.45, 2.75) is 24.5 Å². The normalized spacial score (nSPS) is 21.4. The molecule has 1 atom stereocenters. The highest BCUT2D eigenvalue weighted by atomic mass is 35.5. The van der Waals surface area contributed by atoms with Crippen LogP contribution < -0.4 is 0 Å². The molecule has 0 radical (unpaired) electrons. The number of ether oxygens (including phenoxy) is 1. The predicted octanol–water partition coefficient (Wildman–Crippen LogP) is 4.35. The summed E-state index contributed by atoms with van der Waals surface area (Å²) in [5.41, 5.74) is 2.10. The average molecular weight is 273 g/mol. The minimum absolute atomic E-state index is 0.141. The molecule has 0 amide bonds. The lowest BCUT2D eigenvalue weighted by Crippen LogP contribution is -2.28. The SMILES string of the molecule is ClC[C@H]1CCC(c2ccccc2)(c2ccccc2)O1. The first kappa shape index (κ1) is 12.7. The summed E-state index contributed by atoms with van der Waals surface area (Å²) in [6, 6.07) is 20.9. The van der Waals surface area contributed by atoms with Crippen LogP contribution in [0.5, 0.6) is 0 Å². The van der Waals surface area contributed by atoms with Crippen LogP contribution >= 0.6 is 11.6 Å². The predicted molar refractivity (Wildman–Crippen MR) is 78.5 cm³/mol. The second kappa shape index (κ2) is 5.36. The lowest BCUT2D eigenvalue weighted by Gasteiger charge is -2.30. The van der Waals surface area contributed by atoms with Crippen molar-refractivity contribution < 1.29 is 4.74 Å². The zero-order chi connectivity index (χ0) is 13.1. The summed E-state index contributed by atoms with van der Waals surface area (Å²) in [5.74, 6) is 0.557. The van der Waals surface area contributed by atoms with E-state index in [-0.39, 0.29) is 11.7 Å². The number of hydrogen-bond donors (Lipinski definition) is 0. The van der Waals surface area contributed by atoms with Gasteiger partial charge in [0.1, 0.15) is 5.60 Å². The van der Waals surface area contributed by atoms with E-state index >= 15 is 0 Å². The zero-order valence-electron chi connectivity index (χ0n) is 10.8. The summed E-state index contributed by atoms with van der Waals surface area (Å²) in [5, 5.41) is 0. The van der Waals surface area contributed by atoms with Gasteiger partial charge < -0.3 is 4.74 Å². The highest BCUT2D eigenvalue weighted by Crippen LogP contribution is 2.44. The Morgan fingerprint density at radius 1 is 0.947 bits per heavy atom. The maximum atomic E-state index is 6.34. The lowest BCUT2D eigenvalue weighted by molar-refractivity contribution is -0.00657. The molecule has 0 N–H and O–H groups in total. The van der Waals surface area contributed by atoms with E-state index in [4.69, 9.17) is 16.3 Å². The quantitative estimate of drug-likeness (QED) is 0.755. The van der Waals surface area contributed by atoms with Crippen molar-refractivity contribution in [3.8, 4) is 0 Å². The van der Waals surface area contributed by atoms with Crippen molar-refractivity contribution >= 4 is 11.6 Å². The van der Waals surface area contributed by atoms with E-state index in [1.807, 2.05) is 12.1 Å². The molecule has 3 rings (SSSR count). The standard InChI is InChI=1S/C17H17ClO/c18-13-16-11-12-17(19-16,14-7-3-1-4-8-14)15-9-5-2-6-10-15/h1-10,16H,11-13H2/t16-/m1/s1. The summed E-state index contributed by atoms with van der Waals surface area (Å²) in [4.78, 5) is 0. The number of rotatable bonds is 3. The minimum Gasteiger partial charge on any atom is -0.361 e. The van der Waals surface area contributed by atoms with Gasteiger partial charge in [-0.05, 0) is 24.0 Å². The molecule has 1 aliphatic heterocycles. The average Bonchev–Trinajstić information content (AvgIpc) is 2.95. The Hall–Kier alpha value is -1.31. The van der Waals surface area contributed by atoms with Crippen LogP contribution in [-0.4, -0.2) is 12.0 Å². The molecule has 1 saturated heterocycles. The second-order valence-corrected chi connectivity index (χ2v) is 5.30. The number of hydrogen-bond acceptors (Lipinski definition) is 1. The van der Waals surface area contributed by atoms with E-state index < -0.39 is 0 Å². The lowest BCUT2D eigenvalue weighted by atomic mass is 9.84. The maximum absolute atomic E-state index is 6.34. The highest BCUT2D eigenvalue weighted by Gasteiger charge is 2.42. The molecule has 98 valence electrons. The van der Waals surface area contributed by atoms with Gasteiger partial charge in [0.15, 0.2) is 0 Å². The largest absolute Gasteiger partial charge is 0.361 e. The molecule has 2 aromatic carbocycles. The van der Waals surface area contributed by atoms with E-state index in [0.29, 0.717) is 5.88 Å². The van der Waals surface area contributed by atoms with Crippen molar-refractivity contribution in [1.82, 2.24) is 0 Å². The van der Waals surface area contributed by atoms with Crippen LogP contribution in [0.3, 0.4) is 0 Å². The second-order valence-electron chi connectivity index (χ2n) is 4.99. The molecule has 0 aliphatic carbocycles. The Bertz CT molecular complexity index is 484. The van der Waals surface area contributed by atoms with Crippen LogP contribution in [0.4, 0.5) is 0 Å². The minimum atomic E-state index is -0.331. The van der Waals surface area contributed by atoms with E-state index in [1.165, 1.54) is 11.1 Å². The van der Waals surface area contributed by atoms with Crippen LogP contribution in [0.15, 0.2) is 60.7 Å². The molecule has 0 bridgehead atoms. The van der Waals surface area contributed by atoms with Gasteiger partial charge in [-0.3, -0.25) is 0 Å². The molecule has 1 heterocycles. The van der Waals surface area contributed by atoms with Gasteiger partial charge in [-0.2, -0.15) is 0 Å². The highest BCUT2D eigenvalue weighted by molar-refractivity contribution is 6.18. The van der Waals surface area contributed by atoms with Crippen LogP contribution in [0, 0.1) is 0 Å². The van der Waals surface area contributed by atoms with Crippen LogP contribution in [0.1, 0.15) is 24.0 Å². The van der Waals surface area contributed by atoms with Crippen LogP contribution in [-0.2, 0) is 10.3 Å². The summed E-state index contributed by atoms with van der Waals surface area (Å²) >= 11 is 5.99. The smallest absolute Gasteiger partial charge is 0.119 e. The summed E-state index contributed by atoms with van der Waals surface area (Å²) in [6.45, 7) is 0. The zero-order valence-corrected chi connectivity index (χ0v) is 11.5. The first-order valence-electron chi connectivity index (χ1n) is 6.70. The topological polar surface area (TPSA) is 9.23 Å². The third-order valence-corrected chi connectivity index (χ3v) is 4.18. The molecular weight excluding hydrogens is 256 g/mol. The third kappa shape index (κ3) is 2.29. The Balaban J connectivity index is 2.07. The molecule has 0 unspecified atom stereocenters. The molecule has 0 saturated carbocycles. The summed E-state index contributed by atoms with van der Waals surface area (Å²) < 4.78 is 6.34. The molecule has 1 aliphatic rings. The van der Waals surface area contributed by atoms with E-state index in [9.17, 15) is 0 Å². The van der Waals surface area contributed by atoms with Gasteiger partial charge in [-0.15, -0.1) is 11.6 Å². The number of benzene rings is 2. The molecule has 1 fully saturated rings. The Labute approximate surface area is 119 Å². The Morgan fingerprint density at radius 2 is 1.47 bits per heavy atom. The number of alkyl halides is 1. The molecule has 19 heavy (non-hydrogen) atoms. The summed E-state index contributed by atoms with van der Waals surface area (Å²) in [6.07, 6.45) is 2.13. The van der Waals surface area contributed by atoms with Crippen molar-refractivity contribution in [3.05, 3.63) is 71.8 Å². The van der Waals surface area contributed by atoms with Gasteiger partial charge in [-0.1, -0.05) is 60.7 Å². The molecule has 2 heteroatoms. The molecule has 0 spiro atoms. The fraction of sp³-hybridized carbons (Fsp3) is 0.294. The fourth-order valence-electron chi connectivity index (χ4n) is 2.88. The number of halogens is 1. The van der Waals surface area contributed by atoms with Gasteiger partial charge in [0, 0.05) is 5.88 Å². The third-order valence-electron chi connectivity index (χ3n) is 3.84. The van der Waals surface area contributed by atoms with Crippen LogP contribution in [0.2, 0.25) is 0 Å².